The molecule has 5 rings (SSSR count). The lowest BCUT2D eigenvalue weighted by Crippen LogP contribution is -2.47. The Hall–Kier alpha value is -3.56. The van der Waals surface area contributed by atoms with Crippen LogP contribution in [0, 0.1) is 12.7 Å². The van der Waals surface area contributed by atoms with Crippen molar-refractivity contribution < 1.29 is 14.0 Å². The van der Waals surface area contributed by atoms with E-state index >= 15 is 0 Å². The second kappa shape index (κ2) is 7.29. The summed E-state index contributed by atoms with van der Waals surface area (Å²) >= 11 is 0. The fourth-order valence-corrected chi connectivity index (χ4v) is 4.34. The van der Waals surface area contributed by atoms with Crippen LogP contribution >= 0.6 is 0 Å². The maximum Gasteiger partial charge on any atom is 0.291 e. The van der Waals surface area contributed by atoms with E-state index in [0.29, 0.717) is 43.0 Å². The highest BCUT2D eigenvalue weighted by Crippen LogP contribution is 2.31. The van der Waals surface area contributed by atoms with Gasteiger partial charge in [0.1, 0.15) is 23.5 Å². The first-order valence-corrected chi connectivity index (χ1v) is 10.2. The molecule has 2 amide bonds. The molecule has 1 aromatic carbocycles. The van der Waals surface area contributed by atoms with Crippen LogP contribution < -0.4 is 10.2 Å². The number of nitrogens with one attached hydrogen (secondary N) is 1. The van der Waals surface area contributed by atoms with Crippen molar-refractivity contribution in [3.63, 3.8) is 0 Å². The predicted molar refractivity (Wildman–Crippen MR) is 109 cm³/mol. The molecule has 0 radical (unpaired) electrons. The van der Waals surface area contributed by atoms with Crippen molar-refractivity contribution in [1.82, 2.24) is 29.9 Å². The smallest absolute Gasteiger partial charge is 0.291 e. The fraction of sp³-hybridized carbons (Fsp3) is 0.381. The number of aromatic nitrogens is 5. The average molecular weight is 423 g/mol. The average Bonchev–Trinajstić information content (AvgIpc) is 3.42. The summed E-state index contributed by atoms with van der Waals surface area (Å²) < 4.78 is 17.6. The van der Waals surface area contributed by atoms with Gasteiger partial charge in [0.15, 0.2) is 0 Å². The molecule has 9 nitrogen and oxygen atoms in total. The molecule has 0 spiro atoms. The number of anilines is 1. The molecule has 0 bridgehead atoms. The summed E-state index contributed by atoms with van der Waals surface area (Å²) in [7, 11) is 1.67. The lowest BCUT2D eigenvalue weighted by atomic mass is 10.0. The van der Waals surface area contributed by atoms with E-state index in [-0.39, 0.29) is 23.6 Å². The molecule has 0 saturated carbocycles. The summed E-state index contributed by atoms with van der Waals surface area (Å²) in [4.78, 5) is 31.6. The minimum atomic E-state index is -0.708. The van der Waals surface area contributed by atoms with E-state index in [2.05, 4.69) is 20.5 Å². The van der Waals surface area contributed by atoms with Gasteiger partial charge < -0.3 is 5.32 Å². The van der Waals surface area contributed by atoms with Crippen LogP contribution in [-0.2, 0) is 17.8 Å². The number of hydrogen-bond acceptors (Lipinski definition) is 5. The lowest BCUT2D eigenvalue weighted by molar-refractivity contribution is -0.120. The van der Waals surface area contributed by atoms with Gasteiger partial charge in [-0.15, -0.1) is 5.10 Å². The van der Waals surface area contributed by atoms with Crippen LogP contribution in [0.25, 0.3) is 0 Å². The Balaban J connectivity index is 1.34. The maximum atomic E-state index is 14.2. The van der Waals surface area contributed by atoms with Gasteiger partial charge in [-0.2, -0.15) is 5.10 Å². The number of fused-ring (bicyclic) bond motifs is 2. The zero-order chi connectivity index (χ0) is 21.7. The third-order valence-corrected chi connectivity index (χ3v) is 5.89. The Kier molecular flexibility index (Phi) is 4.57. The number of hydrogen-bond donors (Lipinski definition) is 1. The molecule has 0 unspecified atom stereocenters. The minimum Gasteiger partial charge on any atom is -0.337 e. The molecule has 1 N–H and O–H groups in total. The summed E-state index contributed by atoms with van der Waals surface area (Å²) in [6, 6.07) is 7.40. The summed E-state index contributed by atoms with van der Waals surface area (Å²) in [6.07, 6.45) is 1.69. The van der Waals surface area contributed by atoms with Crippen LogP contribution in [0.15, 0.2) is 30.3 Å². The van der Waals surface area contributed by atoms with Gasteiger partial charge in [0, 0.05) is 31.6 Å². The van der Waals surface area contributed by atoms with Crippen LogP contribution in [0.2, 0.25) is 0 Å². The number of benzene rings is 1. The van der Waals surface area contributed by atoms with Crippen molar-refractivity contribution in [2.75, 3.05) is 11.9 Å². The van der Waals surface area contributed by atoms with Crippen molar-refractivity contribution in [2.24, 2.45) is 0 Å². The van der Waals surface area contributed by atoms with Crippen molar-refractivity contribution in [3.8, 4) is 0 Å². The van der Waals surface area contributed by atoms with E-state index in [0.717, 1.165) is 5.69 Å². The fourth-order valence-electron chi connectivity index (χ4n) is 4.34. The van der Waals surface area contributed by atoms with Gasteiger partial charge in [-0.05, 0) is 25.8 Å². The predicted octanol–water partition coefficient (Wildman–Crippen LogP) is 1.62. The molecule has 0 fully saturated rings. The Bertz CT molecular complexity index is 1180. The Morgan fingerprint density at radius 1 is 1.23 bits per heavy atom. The number of carbonyl (C=O) groups excluding carboxylic acids is 2. The molecule has 10 heteroatoms. The molecule has 160 valence electrons. The third kappa shape index (κ3) is 3.28. The SMILES string of the molecule is Cc1cc2n(n1)CC[C@H](NC(=O)c1nc3n(n1)[C@H](c1ccccc1F)CC3)C(=O)N2C. The standard InChI is InChI=1S/C21H22FN7O2/c1-12-11-18-27(2)21(31)15(9-10-28(18)25-12)23-20(30)19-24-17-8-7-16(29(17)26-19)13-5-3-4-6-14(13)22/h3-6,11,15-16H,7-10H2,1-2H3,(H,23,30)/t15-,16-/m0/s1. The highest BCUT2D eigenvalue weighted by Gasteiger charge is 2.33. The minimum absolute atomic E-state index is 0.00989. The van der Waals surface area contributed by atoms with E-state index in [1.165, 1.54) is 11.0 Å². The summed E-state index contributed by atoms with van der Waals surface area (Å²) in [6.45, 7) is 2.38. The molecular weight excluding hydrogens is 401 g/mol. The van der Waals surface area contributed by atoms with Gasteiger partial charge in [-0.1, -0.05) is 18.2 Å². The number of amides is 2. The van der Waals surface area contributed by atoms with Crippen LogP contribution in [-0.4, -0.2) is 49.4 Å². The van der Waals surface area contributed by atoms with Gasteiger partial charge in [-0.25, -0.2) is 18.7 Å². The van der Waals surface area contributed by atoms with Crippen molar-refractivity contribution >= 4 is 17.6 Å². The topological polar surface area (TPSA) is 97.9 Å². The normalized spacial score (nSPS) is 20.4. The lowest BCUT2D eigenvalue weighted by Gasteiger charge is -2.20. The van der Waals surface area contributed by atoms with E-state index in [4.69, 9.17) is 0 Å². The molecule has 2 aliphatic heterocycles. The molecule has 2 aromatic heterocycles. The van der Waals surface area contributed by atoms with Gasteiger partial charge in [0.05, 0.1) is 11.7 Å². The van der Waals surface area contributed by atoms with Gasteiger partial charge >= 0.3 is 0 Å². The number of nitrogens with zero attached hydrogens (tertiary/aromatic N) is 6. The Labute approximate surface area is 177 Å². The number of carbonyl (C=O) groups is 2. The molecule has 0 aliphatic carbocycles. The molecule has 2 aliphatic rings. The van der Waals surface area contributed by atoms with E-state index in [1.807, 2.05) is 13.0 Å². The zero-order valence-corrected chi connectivity index (χ0v) is 17.2. The molecular formula is C21H22FN7O2. The van der Waals surface area contributed by atoms with Crippen molar-refractivity contribution in [3.05, 3.63) is 59.1 Å². The number of rotatable bonds is 3. The first-order chi connectivity index (χ1) is 14.9. The van der Waals surface area contributed by atoms with Crippen molar-refractivity contribution in [2.45, 2.75) is 44.8 Å². The molecule has 31 heavy (non-hydrogen) atoms. The monoisotopic (exact) mass is 423 g/mol. The van der Waals surface area contributed by atoms with E-state index in [9.17, 15) is 14.0 Å². The van der Waals surface area contributed by atoms with Crippen LogP contribution in [0.5, 0.6) is 0 Å². The van der Waals surface area contributed by atoms with Gasteiger partial charge in [0.2, 0.25) is 5.82 Å². The van der Waals surface area contributed by atoms with Crippen LogP contribution in [0.3, 0.4) is 0 Å². The van der Waals surface area contributed by atoms with Crippen LogP contribution in [0.4, 0.5) is 10.2 Å². The number of halogens is 1. The highest BCUT2D eigenvalue weighted by atomic mass is 19.1. The van der Waals surface area contributed by atoms with Gasteiger partial charge in [-0.3, -0.25) is 14.5 Å². The van der Waals surface area contributed by atoms with Crippen molar-refractivity contribution in [1.29, 1.82) is 0 Å². The molecule has 4 heterocycles. The molecule has 3 aromatic rings. The number of likely N-dealkylation sites (N-methyl/N-ethyl adjacent to an activating group) is 1. The second-order valence-corrected chi connectivity index (χ2v) is 7.95. The van der Waals surface area contributed by atoms with Gasteiger partial charge in [0.25, 0.3) is 11.8 Å². The van der Waals surface area contributed by atoms with E-state index < -0.39 is 11.9 Å². The quantitative estimate of drug-likeness (QED) is 0.691. The molecule has 2 atom stereocenters. The Morgan fingerprint density at radius 2 is 2.03 bits per heavy atom. The number of aryl methyl sites for hydroxylation is 3. The summed E-state index contributed by atoms with van der Waals surface area (Å²) in [5, 5.41) is 11.5. The summed E-state index contributed by atoms with van der Waals surface area (Å²) in [5.74, 6) is 0.287. The zero-order valence-electron chi connectivity index (χ0n) is 17.2. The third-order valence-electron chi connectivity index (χ3n) is 5.89. The second-order valence-electron chi connectivity index (χ2n) is 7.95. The van der Waals surface area contributed by atoms with Crippen LogP contribution in [0.1, 0.15) is 46.6 Å². The molecule has 0 saturated heterocycles. The van der Waals surface area contributed by atoms with E-state index in [1.54, 1.807) is 34.6 Å². The highest BCUT2D eigenvalue weighted by molar-refractivity contribution is 6.00. The summed E-state index contributed by atoms with van der Waals surface area (Å²) in [5.41, 5.74) is 1.36. The maximum absolute atomic E-state index is 14.2. The largest absolute Gasteiger partial charge is 0.337 e. The first kappa shape index (κ1) is 19.4. The first-order valence-electron chi connectivity index (χ1n) is 10.2. The Morgan fingerprint density at radius 3 is 2.84 bits per heavy atom.